The molecule has 3 rings (SSSR count). The second-order valence-corrected chi connectivity index (χ2v) is 5.60. The Bertz CT molecular complexity index is 677. The van der Waals surface area contributed by atoms with Crippen LogP contribution in [0.15, 0.2) is 28.9 Å². The van der Waals surface area contributed by atoms with Gasteiger partial charge in [0, 0.05) is 44.1 Å². The van der Waals surface area contributed by atoms with E-state index in [2.05, 4.69) is 32.2 Å². The van der Waals surface area contributed by atoms with Gasteiger partial charge in [-0.2, -0.15) is 0 Å². The molecule has 0 aliphatic carbocycles. The summed E-state index contributed by atoms with van der Waals surface area (Å²) >= 11 is 0. The molecule has 0 radical (unpaired) electrons. The lowest BCUT2D eigenvalue weighted by molar-refractivity contribution is 0.102. The van der Waals surface area contributed by atoms with Crippen molar-refractivity contribution < 1.29 is 9.32 Å². The van der Waals surface area contributed by atoms with Crippen LogP contribution in [0.4, 0.5) is 11.5 Å². The maximum Gasteiger partial charge on any atom is 0.275 e. The molecule has 0 spiro atoms. The number of piperazine rings is 1. The number of carbonyl (C=O) groups is 1. The molecule has 1 fully saturated rings. The molecule has 1 aliphatic heterocycles. The van der Waals surface area contributed by atoms with Gasteiger partial charge in [-0.3, -0.25) is 9.78 Å². The quantitative estimate of drug-likeness (QED) is 0.927. The number of nitrogens with one attached hydrogen (secondary N) is 1. The summed E-state index contributed by atoms with van der Waals surface area (Å²) in [5, 5.41) is 6.45. The topological polar surface area (TPSA) is 74.5 Å². The summed E-state index contributed by atoms with van der Waals surface area (Å²) in [6, 6.07) is 5.44. The van der Waals surface area contributed by atoms with Gasteiger partial charge in [-0.25, -0.2) is 0 Å². The molecule has 1 amide bonds. The maximum atomic E-state index is 12.3. The Kier molecular flexibility index (Phi) is 4.57. The summed E-state index contributed by atoms with van der Waals surface area (Å²) in [5.74, 6) is 0.763. The number of anilines is 2. The van der Waals surface area contributed by atoms with E-state index in [4.69, 9.17) is 4.52 Å². The predicted octanol–water partition coefficient (Wildman–Crippen LogP) is 1.77. The van der Waals surface area contributed by atoms with Crippen LogP contribution in [0.3, 0.4) is 0 Å². The van der Waals surface area contributed by atoms with Gasteiger partial charge in [-0.1, -0.05) is 12.1 Å². The summed E-state index contributed by atoms with van der Waals surface area (Å²) in [6.07, 6.45) is 1.67. The number of nitrogens with zero attached hydrogens (tertiary/aromatic N) is 4. The van der Waals surface area contributed by atoms with E-state index < -0.39 is 0 Å². The molecule has 0 aromatic carbocycles. The Morgan fingerprint density at radius 3 is 2.74 bits per heavy atom. The van der Waals surface area contributed by atoms with Gasteiger partial charge in [0.05, 0.1) is 0 Å². The highest BCUT2D eigenvalue weighted by Gasteiger charge is 2.18. The first kappa shape index (κ1) is 15.5. The molecule has 7 heteroatoms. The molecule has 0 saturated carbocycles. The lowest BCUT2D eigenvalue weighted by Gasteiger charge is -2.35. The Hall–Kier alpha value is -2.41. The third-order valence-corrected chi connectivity index (χ3v) is 4.03. The van der Waals surface area contributed by atoms with E-state index in [1.807, 2.05) is 12.1 Å². The molecule has 0 unspecified atom stereocenters. The van der Waals surface area contributed by atoms with Crippen LogP contribution in [0.25, 0.3) is 0 Å². The van der Waals surface area contributed by atoms with E-state index in [9.17, 15) is 4.79 Å². The van der Waals surface area contributed by atoms with Gasteiger partial charge < -0.3 is 19.6 Å². The highest BCUT2D eigenvalue weighted by molar-refractivity contribution is 6.02. The number of hydrogen-bond donors (Lipinski definition) is 1. The van der Waals surface area contributed by atoms with Crippen LogP contribution in [-0.2, 0) is 0 Å². The summed E-state index contributed by atoms with van der Waals surface area (Å²) in [4.78, 5) is 21.1. The van der Waals surface area contributed by atoms with Crippen molar-refractivity contribution in [1.82, 2.24) is 15.0 Å². The predicted molar refractivity (Wildman–Crippen MR) is 87.8 cm³/mol. The molecule has 0 bridgehead atoms. The Balaban J connectivity index is 1.68. The standard InChI is InChI=1S/C16H21N5O2/c1-3-20-6-8-21(9-7-20)13-4-5-17-14(11-13)16(22)18-15-10-12(2)23-19-15/h4-5,10-11H,3,6-9H2,1-2H3,(H,18,19,22). The maximum absolute atomic E-state index is 12.3. The molecule has 2 aromatic heterocycles. The van der Waals surface area contributed by atoms with E-state index in [0.29, 0.717) is 17.3 Å². The zero-order chi connectivity index (χ0) is 16.2. The van der Waals surface area contributed by atoms with Gasteiger partial charge in [0.2, 0.25) is 0 Å². The Morgan fingerprint density at radius 1 is 1.30 bits per heavy atom. The molecule has 122 valence electrons. The van der Waals surface area contributed by atoms with Crippen molar-refractivity contribution in [2.45, 2.75) is 13.8 Å². The average Bonchev–Trinajstić information content (AvgIpc) is 3.00. The number of rotatable bonds is 4. The van der Waals surface area contributed by atoms with Crippen LogP contribution in [0.5, 0.6) is 0 Å². The number of hydrogen-bond acceptors (Lipinski definition) is 6. The largest absolute Gasteiger partial charge is 0.369 e. The van der Waals surface area contributed by atoms with Crippen molar-refractivity contribution in [2.24, 2.45) is 0 Å². The number of pyridine rings is 1. The summed E-state index contributed by atoms with van der Waals surface area (Å²) in [7, 11) is 0. The van der Waals surface area contributed by atoms with Gasteiger partial charge in [0.25, 0.3) is 5.91 Å². The molecule has 1 N–H and O–H groups in total. The monoisotopic (exact) mass is 315 g/mol. The molecule has 0 atom stereocenters. The minimum absolute atomic E-state index is 0.285. The van der Waals surface area contributed by atoms with Crippen molar-refractivity contribution in [3.05, 3.63) is 35.9 Å². The highest BCUT2D eigenvalue weighted by Crippen LogP contribution is 2.17. The highest BCUT2D eigenvalue weighted by atomic mass is 16.5. The van der Waals surface area contributed by atoms with E-state index in [-0.39, 0.29) is 5.91 Å². The number of aryl methyl sites for hydroxylation is 1. The Labute approximate surface area is 135 Å². The first-order valence-electron chi connectivity index (χ1n) is 7.83. The molecule has 1 saturated heterocycles. The normalized spacial score (nSPS) is 15.7. The van der Waals surface area contributed by atoms with Crippen molar-refractivity contribution in [1.29, 1.82) is 0 Å². The number of likely N-dealkylation sites (N-methyl/N-ethyl adjacent to an activating group) is 1. The molecule has 7 nitrogen and oxygen atoms in total. The first-order chi connectivity index (χ1) is 11.2. The molecule has 2 aromatic rings. The second kappa shape index (κ2) is 6.78. The van der Waals surface area contributed by atoms with Crippen molar-refractivity contribution >= 4 is 17.4 Å². The third-order valence-electron chi connectivity index (χ3n) is 4.03. The van der Waals surface area contributed by atoms with Gasteiger partial charge in [-0.15, -0.1) is 0 Å². The lowest BCUT2D eigenvalue weighted by atomic mass is 10.2. The van der Waals surface area contributed by atoms with Crippen LogP contribution in [0.1, 0.15) is 23.2 Å². The zero-order valence-corrected chi connectivity index (χ0v) is 13.5. The zero-order valence-electron chi connectivity index (χ0n) is 13.5. The van der Waals surface area contributed by atoms with Crippen molar-refractivity contribution in [2.75, 3.05) is 42.9 Å². The van der Waals surface area contributed by atoms with Crippen LogP contribution < -0.4 is 10.2 Å². The Morgan fingerprint density at radius 2 is 2.09 bits per heavy atom. The third kappa shape index (κ3) is 3.68. The lowest BCUT2D eigenvalue weighted by Crippen LogP contribution is -2.46. The average molecular weight is 315 g/mol. The number of carbonyl (C=O) groups excluding carboxylic acids is 1. The van der Waals surface area contributed by atoms with E-state index >= 15 is 0 Å². The van der Waals surface area contributed by atoms with Crippen LogP contribution in [-0.4, -0.2) is 53.7 Å². The molecule has 1 aliphatic rings. The van der Waals surface area contributed by atoms with Crippen LogP contribution >= 0.6 is 0 Å². The second-order valence-electron chi connectivity index (χ2n) is 5.60. The summed E-state index contributed by atoms with van der Waals surface area (Å²) < 4.78 is 4.94. The van der Waals surface area contributed by atoms with E-state index in [1.54, 1.807) is 19.2 Å². The fourth-order valence-electron chi connectivity index (χ4n) is 2.67. The minimum atomic E-state index is -0.285. The smallest absolute Gasteiger partial charge is 0.275 e. The van der Waals surface area contributed by atoms with Crippen molar-refractivity contribution in [3.8, 4) is 0 Å². The van der Waals surface area contributed by atoms with Gasteiger partial charge >= 0.3 is 0 Å². The van der Waals surface area contributed by atoms with Gasteiger partial charge in [0.15, 0.2) is 5.82 Å². The fraction of sp³-hybridized carbons (Fsp3) is 0.438. The molecular weight excluding hydrogens is 294 g/mol. The van der Waals surface area contributed by atoms with E-state index in [1.165, 1.54) is 0 Å². The van der Waals surface area contributed by atoms with Crippen LogP contribution in [0.2, 0.25) is 0 Å². The first-order valence-corrected chi connectivity index (χ1v) is 7.83. The fourth-order valence-corrected chi connectivity index (χ4v) is 2.67. The summed E-state index contributed by atoms with van der Waals surface area (Å²) in [6.45, 7) is 9.03. The van der Waals surface area contributed by atoms with Gasteiger partial charge in [-0.05, 0) is 25.6 Å². The molecular formula is C16H21N5O2. The van der Waals surface area contributed by atoms with E-state index in [0.717, 1.165) is 38.4 Å². The SMILES string of the molecule is CCN1CCN(c2ccnc(C(=O)Nc3cc(C)on3)c2)CC1. The summed E-state index contributed by atoms with van der Waals surface area (Å²) in [5.41, 5.74) is 1.40. The van der Waals surface area contributed by atoms with Crippen LogP contribution in [0, 0.1) is 6.92 Å². The van der Waals surface area contributed by atoms with Crippen molar-refractivity contribution in [3.63, 3.8) is 0 Å². The molecule has 3 heterocycles. The number of aromatic nitrogens is 2. The number of amides is 1. The molecule has 23 heavy (non-hydrogen) atoms. The minimum Gasteiger partial charge on any atom is -0.369 e. The van der Waals surface area contributed by atoms with Gasteiger partial charge in [0.1, 0.15) is 11.5 Å².